The van der Waals surface area contributed by atoms with Gasteiger partial charge in [-0.2, -0.15) is 5.10 Å². The Kier molecular flexibility index (Phi) is 5.25. The quantitative estimate of drug-likeness (QED) is 0.553. The SMILES string of the molecule is Cc1nc(NCc2cnn(Cc3cc(F)c(F)c(F)c3)c2)cc2c1NC(O)CN2C. The zero-order valence-electron chi connectivity index (χ0n) is 16.5. The number of nitrogens with one attached hydrogen (secondary N) is 2. The fraction of sp³-hybridized carbons (Fsp3) is 0.300. The van der Waals surface area contributed by atoms with Gasteiger partial charge in [0.2, 0.25) is 0 Å². The molecule has 7 nitrogen and oxygen atoms in total. The van der Waals surface area contributed by atoms with Gasteiger partial charge in [-0.05, 0) is 24.6 Å². The van der Waals surface area contributed by atoms with E-state index in [1.165, 1.54) is 4.68 Å². The van der Waals surface area contributed by atoms with Crippen molar-refractivity contribution in [2.45, 2.75) is 26.2 Å². The molecule has 0 fully saturated rings. The number of aliphatic hydroxyl groups is 1. The van der Waals surface area contributed by atoms with Gasteiger partial charge in [0.05, 0.1) is 36.4 Å². The normalized spacial score (nSPS) is 15.7. The van der Waals surface area contributed by atoms with Crippen LogP contribution in [-0.4, -0.2) is 39.7 Å². The van der Waals surface area contributed by atoms with Gasteiger partial charge in [-0.25, -0.2) is 18.2 Å². The molecule has 0 bridgehead atoms. The predicted octanol–water partition coefficient (Wildman–Crippen LogP) is 2.84. The minimum absolute atomic E-state index is 0.114. The summed E-state index contributed by atoms with van der Waals surface area (Å²) in [5, 5.41) is 20.3. The minimum atomic E-state index is -1.48. The molecule has 2 aromatic heterocycles. The van der Waals surface area contributed by atoms with Gasteiger partial charge in [0.25, 0.3) is 0 Å². The molecule has 3 aromatic rings. The number of fused-ring (bicyclic) bond motifs is 1. The van der Waals surface area contributed by atoms with E-state index in [4.69, 9.17) is 0 Å². The molecule has 1 aliphatic heterocycles. The topological polar surface area (TPSA) is 78.2 Å². The lowest BCUT2D eigenvalue weighted by atomic mass is 10.2. The van der Waals surface area contributed by atoms with Crippen LogP contribution in [0.1, 0.15) is 16.8 Å². The molecule has 1 aromatic carbocycles. The summed E-state index contributed by atoms with van der Waals surface area (Å²) >= 11 is 0. The highest BCUT2D eigenvalue weighted by molar-refractivity contribution is 5.77. The number of pyridine rings is 1. The third kappa shape index (κ3) is 4.04. The van der Waals surface area contributed by atoms with Crippen LogP contribution in [0.5, 0.6) is 0 Å². The zero-order valence-corrected chi connectivity index (χ0v) is 16.5. The summed E-state index contributed by atoms with van der Waals surface area (Å²) in [5.41, 5.74) is 3.62. The van der Waals surface area contributed by atoms with Gasteiger partial charge in [-0.3, -0.25) is 4.68 Å². The van der Waals surface area contributed by atoms with E-state index in [0.717, 1.165) is 34.8 Å². The Balaban J connectivity index is 1.44. The molecule has 0 radical (unpaired) electrons. The first-order valence-corrected chi connectivity index (χ1v) is 9.36. The first-order chi connectivity index (χ1) is 14.3. The highest BCUT2D eigenvalue weighted by Gasteiger charge is 2.22. The van der Waals surface area contributed by atoms with Gasteiger partial charge >= 0.3 is 0 Å². The summed E-state index contributed by atoms with van der Waals surface area (Å²) in [6.45, 7) is 2.88. The molecule has 158 valence electrons. The van der Waals surface area contributed by atoms with Crippen molar-refractivity contribution >= 4 is 17.2 Å². The number of rotatable bonds is 5. The van der Waals surface area contributed by atoms with Crippen LogP contribution in [0.2, 0.25) is 0 Å². The summed E-state index contributed by atoms with van der Waals surface area (Å²) < 4.78 is 41.4. The van der Waals surface area contributed by atoms with Crippen LogP contribution in [-0.2, 0) is 13.1 Å². The highest BCUT2D eigenvalue weighted by Crippen LogP contribution is 2.33. The van der Waals surface area contributed by atoms with Crippen LogP contribution in [0.25, 0.3) is 0 Å². The Hall–Kier alpha value is -3.27. The standard InChI is InChI=1S/C20H21F3N6O/c1-11-20-16(28(2)10-18(30)27-20)5-17(26-11)24-6-13-7-25-29(9-13)8-12-3-14(21)19(23)15(22)4-12/h3-5,7,9,18,27,30H,6,8,10H2,1-2H3,(H,24,26). The van der Waals surface area contributed by atoms with Crippen molar-refractivity contribution in [1.82, 2.24) is 14.8 Å². The Bertz CT molecular complexity index is 1060. The summed E-state index contributed by atoms with van der Waals surface area (Å²) in [6, 6.07) is 3.81. The molecule has 3 heterocycles. The number of nitrogens with zero attached hydrogens (tertiary/aromatic N) is 4. The fourth-order valence-corrected chi connectivity index (χ4v) is 3.46. The number of benzene rings is 1. The average molecular weight is 418 g/mol. The van der Waals surface area contributed by atoms with Crippen LogP contribution in [0, 0.1) is 24.4 Å². The van der Waals surface area contributed by atoms with E-state index in [0.29, 0.717) is 18.9 Å². The van der Waals surface area contributed by atoms with Gasteiger partial charge in [0.15, 0.2) is 17.5 Å². The first kappa shape index (κ1) is 20.0. The molecule has 1 unspecified atom stereocenters. The van der Waals surface area contributed by atoms with Gasteiger partial charge in [0.1, 0.15) is 12.0 Å². The summed E-state index contributed by atoms with van der Waals surface area (Å²) in [4.78, 5) is 6.47. The number of aryl methyl sites for hydroxylation is 1. The predicted molar refractivity (Wildman–Crippen MR) is 107 cm³/mol. The monoisotopic (exact) mass is 418 g/mol. The fourth-order valence-electron chi connectivity index (χ4n) is 3.46. The van der Waals surface area contributed by atoms with Crippen LogP contribution in [0.15, 0.2) is 30.6 Å². The van der Waals surface area contributed by atoms with E-state index in [1.54, 1.807) is 12.4 Å². The van der Waals surface area contributed by atoms with Crippen molar-refractivity contribution in [1.29, 1.82) is 0 Å². The zero-order chi connectivity index (χ0) is 21.4. The average Bonchev–Trinajstić information content (AvgIpc) is 3.12. The van der Waals surface area contributed by atoms with Crippen molar-refractivity contribution in [3.8, 4) is 0 Å². The van der Waals surface area contributed by atoms with E-state index in [1.807, 2.05) is 24.9 Å². The van der Waals surface area contributed by atoms with Crippen molar-refractivity contribution in [3.05, 3.63) is 64.9 Å². The van der Waals surface area contributed by atoms with E-state index in [2.05, 4.69) is 20.7 Å². The van der Waals surface area contributed by atoms with Crippen LogP contribution in [0.4, 0.5) is 30.4 Å². The number of anilines is 3. The molecule has 0 spiro atoms. The maximum absolute atomic E-state index is 13.4. The van der Waals surface area contributed by atoms with Crippen molar-refractivity contribution in [2.75, 3.05) is 29.1 Å². The summed E-state index contributed by atoms with van der Waals surface area (Å²) in [7, 11) is 1.90. The molecule has 4 rings (SSSR count). The molecular formula is C20H21F3N6O. The highest BCUT2D eigenvalue weighted by atomic mass is 19.2. The minimum Gasteiger partial charge on any atom is -0.372 e. The number of hydrogen-bond acceptors (Lipinski definition) is 6. The number of aromatic nitrogens is 3. The summed E-state index contributed by atoms with van der Waals surface area (Å²) in [5.74, 6) is -3.25. The van der Waals surface area contributed by atoms with Gasteiger partial charge in [-0.1, -0.05) is 0 Å². The van der Waals surface area contributed by atoms with Crippen molar-refractivity contribution in [3.63, 3.8) is 0 Å². The third-order valence-corrected chi connectivity index (χ3v) is 4.90. The molecule has 0 saturated carbocycles. The molecule has 3 N–H and O–H groups in total. The second-order valence-corrected chi connectivity index (χ2v) is 7.30. The second kappa shape index (κ2) is 7.86. The number of halogens is 3. The Labute approximate surface area is 171 Å². The smallest absolute Gasteiger partial charge is 0.194 e. The van der Waals surface area contributed by atoms with Crippen molar-refractivity contribution in [2.24, 2.45) is 0 Å². The van der Waals surface area contributed by atoms with Crippen LogP contribution < -0.4 is 15.5 Å². The van der Waals surface area contributed by atoms with Gasteiger partial charge in [0, 0.05) is 31.4 Å². The van der Waals surface area contributed by atoms with E-state index in [-0.39, 0.29) is 12.1 Å². The Morgan fingerprint density at radius 3 is 2.67 bits per heavy atom. The van der Waals surface area contributed by atoms with Crippen LogP contribution in [0.3, 0.4) is 0 Å². The Morgan fingerprint density at radius 1 is 1.20 bits per heavy atom. The van der Waals surface area contributed by atoms with Crippen LogP contribution >= 0.6 is 0 Å². The largest absolute Gasteiger partial charge is 0.372 e. The first-order valence-electron chi connectivity index (χ1n) is 9.36. The third-order valence-electron chi connectivity index (χ3n) is 4.90. The lowest BCUT2D eigenvalue weighted by Gasteiger charge is -2.33. The maximum atomic E-state index is 13.4. The number of likely N-dealkylation sites (N-methyl/N-ethyl adjacent to an activating group) is 1. The second-order valence-electron chi connectivity index (χ2n) is 7.30. The number of β-amino-alcohol motifs (C(OH)–C–C–N with tert-alkyl or cyclic N) is 1. The van der Waals surface area contributed by atoms with E-state index < -0.39 is 23.7 Å². The molecule has 0 amide bonds. The van der Waals surface area contributed by atoms with Gasteiger partial charge < -0.3 is 20.6 Å². The maximum Gasteiger partial charge on any atom is 0.194 e. The number of hydrogen-bond donors (Lipinski definition) is 3. The lowest BCUT2D eigenvalue weighted by Crippen LogP contribution is -2.39. The number of aliphatic hydroxyl groups excluding tert-OH is 1. The molecule has 10 heteroatoms. The lowest BCUT2D eigenvalue weighted by molar-refractivity contribution is 0.207. The van der Waals surface area contributed by atoms with E-state index in [9.17, 15) is 18.3 Å². The Morgan fingerprint density at radius 2 is 1.93 bits per heavy atom. The summed E-state index contributed by atoms with van der Waals surface area (Å²) in [6.07, 6.45) is 2.73. The van der Waals surface area contributed by atoms with Gasteiger partial charge in [-0.15, -0.1) is 0 Å². The molecule has 1 atom stereocenters. The molecule has 1 aliphatic rings. The molecule has 30 heavy (non-hydrogen) atoms. The molecule has 0 saturated heterocycles. The molecular weight excluding hydrogens is 397 g/mol. The molecule has 0 aliphatic carbocycles. The van der Waals surface area contributed by atoms with Crippen molar-refractivity contribution < 1.29 is 18.3 Å². The van der Waals surface area contributed by atoms with E-state index >= 15 is 0 Å².